The van der Waals surface area contributed by atoms with Gasteiger partial charge in [-0.05, 0) is 35.4 Å². The van der Waals surface area contributed by atoms with Crippen LogP contribution in [0.3, 0.4) is 0 Å². The minimum atomic E-state index is -1.07. The number of rotatable bonds is 7. The molecule has 9 nitrogen and oxygen atoms in total. The molecular formula is C33H27N5O4. The molecule has 1 N–H and O–H groups in total. The zero-order chi connectivity index (χ0) is 28.6. The summed E-state index contributed by atoms with van der Waals surface area (Å²) in [5.41, 5.74) is 5.83. The summed E-state index contributed by atoms with van der Waals surface area (Å²) in [6.07, 6.45) is 0.588. The van der Waals surface area contributed by atoms with Crippen LogP contribution in [0.5, 0.6) is 0 Å². The van der Waals surface area contributed by atoms with Crippen LogP contribution in [0.25, 0.3) is 5.65 Å². The predicted octanol–water partition coefficient (Wildman–Crippen LogP) is 4.04. The Labute approximate surface area is 241 Å². The van der Waals surface area contributed by atoms with Gasteiger partial charge in [0.25, 0.3) is 11.5 Å². The second kappa shape index (κ2) is 10.7. The van der Waals surface area contributed by atoms with Crippen LogP contribution in [-0.4, -0.2) is 27.3 Å². The Morgan fingerprint density at radius 1 is 0.738 bits per heavy atom. The molecule has 4 heterocycles. The van der Waals surface area contributed by atoms with Crippen LogP contribution in [0.15, 0.2) is 120 Å². The maximum Gasteiger partial charge on any atom is 0.265 e. The number of hydrogen-bond donors (Lipinski definition) is 1. The Balaban J connectivity index is 1.38. The van der Waals surface area contributed by atoms with Crippen LogP contribution < -0.4 is 20.8 Å². The van der Waals surface area contributed by atoms with Gasteiger partial charge in [0.15, 0.2) is 6.10 Å². The van der Waals surface area contributed by atoms with E-state index in [-0.39, 0.29) is 11.1 Å². The molecule has 42 heavy (non-hydrogen) atoms. The van der Waals surface area contributed by atoms with Crippen molar-refractivity contribution in [3.8, 4) is 0 Å². The van der Waals surface area contributed by atoms with E-state index in [1.807, 2.05) is 77.7 Å². The monoisotopic (exact) mass is 557 g/mol. The number of pyridine rings is 1. The molecule has 2 aliphatic rings. The number of para-hydroxylation sites is 1. The smallest absolute Gasteiger partial charge is 0.265 e. The van der Waals surface area contributed by atoms with E-state index >= 15 is 0 Å². The van der Waals surface area contributed by atoms with Crippen molar-refractivity contribution in [2.75, 3.05) is 9.80 Å². The van der Waals surface area contributed by atoms with Crippen molar-refractivity contribution < 1.29 is 14.4 Å². The molecule has 2 fully saturated rings. The van der Waals surface area contributed by atoms with Crippen molar-refractivity contribution in [2.24, 2.45) is 5.92 Å². The first kappa shape index (κ1) is 25.8. The number of carbonyl (C=O) groups is 2. The quantitative estimate of drug-likeness (QED) is 0.302. The van der Waals surface area contributed by atoms with Crippen molar-refractivity contribution in [1.82, 2.24) is 14.9 Å². The average molecular weight is 558 g/mol. The van der Waals surface area contributed by atoms with Gasteiger partial charge >= 0.3 is 0 Å². The number of benzene rings is 3. The fourth-order valence-electron chi connectivity index (χ4n) is 5.82. The Hall–Kier alpha value is -5.12. The SMILES string of the molecule is O=C1[C@H]2[C@H](ON[C@H]2c2c(N(Cc3ccccc3)Cc3ccccc3)nc3ccccn3c2=O)C(=O)N1c1ccccc1. The maximum absolute atomic E-state index is 14.3. The number of amides is 2. The molecule has 0 unspecified atom stereocenters. The molecule has 0 saturated carbocycles. The zero-order valence-corrected chi connectivity index (χ0v) is 22.5. The zero-order valence-electron chi connectivity index (χ0n) is 22.5. The predicted molar refractivity (Wildman–Crippen MR) is 157 cm³/mol. The van der Waals surface area contributed by atoms with Crippen LogP contribution in [0, 0.1) is 5.92 Å². The van der Waals surface area contributed by atoms with Crippen LogP contribution in [0.1, 0.15) is 22.7 Å². The van der Waals surface area contributed by atoms with Gasteiger partial charge in [0, 0.05) is 19.3 Å². The summed E-state index contributed by atoms with van der Waals surface area (Å²) < 4.78 is 1.47. The lowest BCUT2D eigenvalue weighted by Gasteiger charge is -2.29. The molecule has 3 atom stereocenters. The largest absolute Gasteiger partial charge is 0.347 e. The highest BCUT2D eigenvalue weighted by Gasteiger charge is 2.58. The lowest BCUT2D eigenvalue weighted by atomic mass is 9.92. The molecular weight excluding hydrogens is 530 g/mol. The van der Waals surface area contributed by atoms with Crippen molar-refractivity contribution in [3.05, 3.63) is 142 Å². The molecule has 208 valence electrons. The Bertz CT molecular complexity index is 1790. The number of hydroxylamine groups is 1. The van der Waals surface area contributed by atoms with Gasteiger partial charge in [-0.15, -0.1) is 0 Å². The number of nitrogens with zero attached hydrogens (tertiary/aromatic N) is 4. The lowest BCUT2D eigenvalue weighted by Crippen LogP contribution is -2.38. The van der Waals surface area contributed by atoms with Crippen molar-refractivity contribution in [2.45, 2.75) is 25.2 Å². The maximum atomic E-state index is 14.3. The van der Waals surface area contributed by atoms with Gasteiger partial charge in [0.2, 0.25) is 5.91 Å². The van der Waals surface area contributed by atoms with Gasteiger partial charge in [-0.25, -0.2) is 9.88 Å². The number of anilines is 2. The van der Waals surface area contributed by atoms with Crippen molar-refractivity contribution >= 4 is 29.0 Å². The molecule has 0 radical (unpaired) electrons. The summed E-state index contributed by atoms with van der Waals surface area (Å²) >= 11 is 0. The van der Waals surface area contributed by atoms with Crippen LogP contribution in [0.4, 0.5) is 11.5 Å². The average Bonchev–Trinajstić information content (AvgIpc) is 3.57. The van der Waals surface area contributed by atoms with E-state index in [9.17, 15) is 14.4 Å². The van der Waals surface area contributed by atoms with Crippen LogP contribution >= 0.6 is 0 Å². The first-order valence-corrected chi connectivity index (χ1v) is 13.8. The Morgan fingerprint density at radius 3 is 1.98 bits per heavy atom. The molecule has 5 aromatic rings. The lowest BCUT2D eigenvalue weighted by molar-refractivity contribution is -0.128. The number of nitrogens with one attached hydrogen (secondary N) is 1. The van der Waals surface area contributed by atoms with Gasteiger partial charge in [-0.3, -0.25) is 23.6 Å². The third-order valence-corrected chi connectivity index (χ3v) is 7.78. The summed E-state index contributed by atoms with van der Waals surface area (Å²) in [5.74, 6) is -1.40. The minimum Gasteiger partial charge on any atom is -0.347 e. The van der Waals surface area contributed by atoms with E-state index < -0.39 is 29.9 Å². The topological polar surface area (TPSA) is 96.2 Å². The second-order valence-electron chi connectivity index (χ2n) is 10.4. The summed E-state index contributed by atoms with van der Waals surface area (Å²) in [6.45, 7) is 0.922. The first-order chi connectivity index (χ1) is 20.6. The van der Waals surface area contributed by atoms with Gasteiger partial charge < -0.3 is 4.90 Å². The standard InChI is InChI=1S/C33H27N5O4/c39-31-27(28-26-29(42-35-28)33(41)38(32(26)40)24-16-8-3-9-17-24)30(34-25-18-10-11-19-37(25)31)36(20-22-12-4-1-5-13-22)21-23-14-6-2-7-15-23/h1-19,26,28-29,35H,20-21H2/t26-,28-,29+/m1/s1. The summed E-state index contributed by atoms with van der Waals surface area (Å²) in [5, 5.41) is 0. The number of imide groups is 1. The highest BCUT2D eigenvalue weighted by molar-refractivity contribution is 6.23. The van der Waals surface area contributed by atoms with Crippen molar-refractivity contribution in [1.29, 1.82) is 0 Å². The van der Waals surface area contributed by atoms with E-state index in [0.29, 0.717) is 30.2 Å². The summed E-state index contributed by atoms with van der Waals surface area (Å²) in [6, 6.07) is 33.1. The highest BCUT2D eigenvalue weighted by Crippen LogP contribution is 2.42. The Morgan fingerprint density at radius 2 is 1.33 bits per heavy atom. The molecule has 2 aliphatic heterocycles. The molecule has 2 amide bonds. The normalized spacial score (nSPS) is 19.8. The molecule has 0 bridgehead atoms. The van der Waals surface area contributed by atoms with Gasteiger partial charge in [-0.1, -0.05) is 84.9 Å². The Kier molecular flexibility index (Phi) is 6.58. The first-order valence-electron chi connectivity index (χ1n) is 13.8. The van der Waals surface area contributed by atoms with Gasteiger partial charge in [0.1, 0.15) is 11.5 Å². The van der Waals surface area contributed by atoms with E-state index in [2.05, 4.69) is 5.48 Å². The van der Waals surface area contributed by atoms with Gasteiger partial charge in [0.05, 0.1) is 23.2 Å². The van der Waals surface area contributed by atoms with Crippen LogP contribution in [0.2, 0.25) is 0 Å². The molecule has 3 aromatic carbocycles. The van der Waals surface area contributed by atoms with E-state index in [1.54, 1.807) is 42.6 Å². The molecule has 9 heteroatoms. The molecule has 2 saturated heterocycles. The molecule has 0 aliphatic carbocycles. The third-order valence-electron chi connectivity index (χ3n) is 7.78. The summed E-state index contributed by atoms with van der Waals surface area (Å²) in [7, 11) is 0. The number of aromatic nitrogens is 2. The second-order valence-corrected chi connectivity index (χ2v) is 10.4. The summed E-state index contributed by atoms with van der Waals surface area (Å²) in [4.78, 5) is 55.5. The third kappa shape index (κ3) is 4.45. The fourth-order valence-corrected chi connectivity index (χ4v) is 5.82. The van der Waals surface area contributed by atoms with Crippen LogP contribution in [-0.2, 0) is 27.5 Å². The van der Waals surface area contributed by atoms with E-state index in [0.717, 1.165) is 16.0 Å². The highest BCUT2D eigenvalue weighted by atomic mass is 16.7. The minimum absolute atomic E-state index is 0.272. The van der Waals surface area contributed by atoms with Crippen molar-refractivity contribution in [3.63, 3.8) is 0 Å². The molecule has 7 rings (SSSR count). The number of carbonyl (C=O) groups excluding carboxylic acids is 2. The molecule has 2 aromatic heterocycles. The number of fused-ring (bicyclic) bond motifs is 2. The number of hydrogen-bond acceptors (Lipinski definition) is 7. The fraction of sp³-hybridized carbons (Fsp3) is 0.152. The van der Waals surface area contributed by atoms with E-state index in [4.69, 9.17) is 9.82 Å². The van der Waals surface area contributed by atoms with E-state index in [1.165, 1.54) is 4.40 Å². The molecule has 0 spiro atoms. The van der Waals surface area contributed by atoms with Gasteiger partial charge in [-0.2, -0.15) is 5.48 Å².